The zero-order chi connectivity index (χ0) is 15.7. The van der Waals surface area contributed by atoms with E-state index in [1.807, 2.05) is 13.0 Å². The van der Waals surface area contributed by atoms with Crippen LogP contribution < -0.4 is 5.73 Å². The molecule has 0 unspecified atom stereocenters. The number of benzene rings is 2. The Balaban J connectivity index is 1.86. The van der Waals surface area contributed by atoms with E-state index in [9.17, 15) is 0 Å². The van der Waals surface area contributed by atoms with Crippen molar-refractivity contribution in [2.24, 2.45) is 0 Å². The van der Waals surface area contributed by atoms with Crippen LogP contribution in [-0.4, -0.2) is 9.36 Å². The molecule has 0 atom stereocenters. The summed E-state index contributed by atoms with van der Waals surface area (Å²) >= 11 is 1.47. The van der Waals surface area contributed by atoms with Gasteiger partial charge in [-0.2, -0.15) is 4.37 Å². The van der Waals surface area contributed by atoms with E-state index in [2.05, 4.69) is 53.5 Å². The van der Waals surface area contributed by atoms with E-state index in [-0.39, 0.29) is 0 Å². The normalized spacial score (nSPS) is 10.9. The predicted octanol–water partition coefficient (Wildman–Crippen LogP) is 4.30. The van der Waals surface area contributed by atoms with Gasteiger partial charge in [0.25, 0.3) is 0 Å². The Morgan fingerprint density at radius 1 is 1.00 bits per heavy atom. The number of aromatic nitrogens is 2. The summed E-state index contributed by atoms with van der Waals surface area (Å²) in [6, 6.07) is 12.5. The summed E-state index contributed by atoms with van der Waals surface area (Å²) in [4.78, 5) is 4.67. The fourth-order valence-electron chi connectivity index (χ4n) is 2.40. The molecule has 1 heterocycles. The van der Waals surface area contributed by atoms with Gasteiger partial charge in [-0.25, -0.2) is 4.98 Å². The highest BCUT2D eigenvalue weighted by atomic mass is 32.1. The van der Waals surface area contributed by atoms with Crippen LogP contribution in [0.15, 0.2) is 36.4 Å². The van der Waals surface area contributed by atoms with E-state index >= 15 is 0 Å². The Bertz CT molecular complexity index is 804. The molecular weight excluding hydrogens is 290 g/mol. The Kier molecular flexibility index (Phi) is 3.94. The third kappa shape index (κ3) is 3.02. The minimum Gasteiger partial charge on any atom is -0.399 e. The molecule has 0 fully saturated rings. The van der Waals surface area contributed by atoms with Crippen molar-refractivity contribution >= 4 is 17.2 Å². The topological polar surface area (TPSA) is 51.8 Å². The number of nitrogens with zero attached hydrogens (tertiary/aromatic N) is 2. The van der Waals surface area contributed by atoms with Crippen molar-refractivity contribution < 1.29 is 0 Å². The van der Waals surface area contributed by atoms with Gasteiger partial charge in [0.2, 0.25) is 0 Å². The van der Waals surface area contributed by atoms with Crippen LogP contribution in [0.4, 0.5) is 5.69 Å². The Labute approximate surface area is 135 Å². The maximum absolute atomic E-state index is 5.95. The van der Waals surface area contributed by atoms with E-state index in [0.717, 1.165) is 34.1 Å². The van der Waals surface area contributed by atoms with Gasteiger partial charge in [-0.1, -0.05) is 35.9 Å². The Morgan fingerprint density at radius 3 is 2.45 bits per heavy atom. The van der Waals surface area contributed by atoms with Gasteiger partial charge in [-0.3, -0.25) is 0 Å². The molecule has 0 saturated heterocycles. The highest BCUT2D eigenvalue weighted by Crippen LogP contribution is 2.24. The number of hydrogen-bond donors (Lipinski definition) is 1. The number of aryl methyl sites for hydroxylation is 3. The molecule has 2 aromatic carbocycles. The fourth-order valence-corrected chi connectivity index (χ4v) is 3.08. The number of nitrogens with two attached hydrogens (primary N) is 1. The average Bonchev–Trinajstić information content (AvgIpc) is 2.94. The van der Waals surface area contributed by atoms with Gasteiger partial charge in [0.15, 0.2) is 5.82 Å². The molecule has 0 spiro atoms. The van der Waals surface area contributed by atoms with Crippen LogP contribution in [0.25, 0.3) is 11.4 Å². The molecule has 0 amide bonds. The third-order valence-corrected chi connectivity index (χ3v) is 4.55. The number of anilines is 1. The lowest BCUT2D eigenvalue weighted by molar-refractivity contribution is 1.10. The summed E-state index contributed by atoms with van der Waals surface area (Å²) < 4.78 is 4.49. The van der Waals surface area contributed by atoms with E-state index in [0.29, 0.717) is 0 Å². The van der Waals surface area contributed by atoms with Crippen LogP contribution in [0.3, 0.4) is 0 Å². The summed E-state index contributed by atoms with van der Waals surface area (Å²) in [5.41, 5.74) is 12.7. The summed E-state index contributed by atoms with van der Waals surface area (Å²) in [6.45, 7) is 6.21. The van der Waals surface area contributed by atoms with Crippen molar-refractivity contribution in [1.82, 2.24) is 9.36 Å². The molecule has 4 heteroatoms. The van der Waals surface area contributed by atoms with E-state index in [4.69, 9.17) is 5.73 Å². The van der Waals surface area contributed by atoms with Crippen molar-refractivity contribution in [2.45, 2.75) is 27.2 Å². The fraction of sp³-hybridized carbons (Fsp3) is 0.222. The number of nitrogen functional groups attached to an aromatic ring is 1. The molecule has 0 aliphatic carbocycles. The molecule has 1 aromatic heterocycles. The van der Waals surface area contributed by atoms with E-state index < -0.39 is 0 Å². The first-order valence-electron chi connectivity index (χ1n) is 7.28. The summed E-state index contributed by atoms with van der Waals surface area (Å²) in [5, 5.41) is 1.03. The molecular formula is C18H19N3S. The largest absolute Gasteiger partial charge is 0.399 e. The van der Waals surface area contributed by atoms with E-state index in [1.54, 1.807) is 0 Å². The number of rotatable bonds is 3. The molecule has 0 saturated carbocycles. The van der Waals surface area contributed by atoms with Crippen LogP contribution >= 0.6 is 11.5 Å². The van der Waals surface area contributed by atoms with Crippen LogP contribution in [0.2, 0.25) is 0 Å². The molecule has 0 aliphatic rings. The zero-order valence-corrected chi connectivity index (χ0v) is 13.9. The Hall–Kier alpha value is -2.20. The lowest BCUT2D eigenvalue weighted by atomic mass is 10.0. The zero-order valence-electron chi connectivity index (χ0n) is 13.1. The molecule has 3 nitrogen and oxygen atoms in total. The van der Waals surface area contributed by atoms with Crippen molar-refractivity contribution in [2.75, 3.05) is 5.73 Å². The second kappa shape index (κ2) is 5.89. The van der Waals surface area contributed by atoms with Crippen molar-refractivity contribution in [1.29, 1.82) is 0 Å². The SMILES string of the molecule is Cc1ccc(-c2nsc(Cc3cc(C)c(N)cc3C)n2)cc1. The molecule has 0 aliphatic heterocycles. The van der Waals surface area contributed by atoms with Crippen LogP contribution in [0, 0.1) is 20.8 Å². The predicted molar refractivity (Wildman–Crippen MR) is 93.2 cm³/mol. The van der Waals surface area contributed by atoms with Gasteiger partial charge < -0.3 is 5.73 Å². The summed E-state index contributed by atoms with van der Waals surface area (Å²) in [5.74, 6) is 0.810. The molecule has 0 radical (unpaired) electrons. The van der Waals surface area contributed by atoms with Gasteiger partial charge in [0.1, 0.15) is 5.01 Å². The minimum absolute atomic E-state index is 0.802. The molecule has 0 bridgehead atoms. The maximum atomic E-state index is 5.95. The van der Waals surface area contributed by atoms with Crippen molar-refractivity contribution in [3.05, 3.63) is 63.7 Å². The van der Waals surface area contributed by atoms with Gasteiger partial charge in [-0.05, 0) is 55.1 Å². The number of hydrogen-bond acceptors (Lipinski definition) is 4. The quantitative estimate of drug-likeness (QED) is 0.734. The summed E-state index contributed by atoms with van der Waals surface area (Å²) in [7, 11) is 0. The van der Waals surface area contributed by atoms with Gasteiger partial charge in [0, 0.05) is 17.7 Å². The first-order chi connectivity index (χ1) is 10.5. The summed E-state index contributed by atoms with van der Waals surface area (Å²) in [6.07, 6.45) is 0.802. The lowest BCUT2D eigenvalue weighted by Gasteiger charge is -2.07. The molecule has 3 aromatic rings. The highest BCUT2D eigenvalue weighted by molar-refractivity contribution is 7.05. The van der Waals surface area contributed by atoms with Crippen LogP contribution in [-0.2, 0) is 6.42 Å². The molecule has 2 N–H and O–H groups in total. The minimum atomic E-state index is 0.802. The van der Waals surface area contributed by atoms with Crippen molar-refractivity contribution in [3.8, 4) is 11.4 Å². The van der Waals surface area contributed by atoms with Gasteiger partial charge in [0.05, 0.1) is 0 Å². The van der Waals surface area contributed by atoms with Crippen LogP contribution in [0.1, 0.15) is 27.3 Å². The highest BCUT2D eigenvalue weighted by Gasteiger charge is 2.09. The van der Waals surface area contributed by atoms with E-state index in [1.165, 1.54) is 28.2 Å². The Morgan fingerprint density at radius 2 is 1.73 bits per heavy atom. The van der Waals surface area contributed by atoms with Crippen molar-refractivity contribution in [3.63, 3.8) is 0 Å². The van der Waals surface area contributed by atoms with Gasteiger partial charge >= 0.3 is 0 Å². The molecule has 22 heavy (non-hydrogen) atoms. The average molecular weight is 309 g/mol. The third-order valence-electron chi connectivity index (χ3n) is 3.84. The second-order valence-corrected chi connectivity index (χ2v) is 6.53. The second-order valence-electron chi connectivity index (χ2n) is 5.69. The smallest absolute Gasteiger partial charge is 0.173 e. The maximum Gasteiger partial charge on any atom is 0.173 e. The van der Waals surface area contributed by atoms with Gasteiger partial charge in [-0.15, -0.1) is 0 Å². The first-order valence-corrected chi connectivity index (χ1v) is 8.05. The van der Waals surface area contributed by atoms with Crippen LogP contribution in [0.5, 0.6) is 0 Å². The monoisotopic (exact) mass is 309 g/mol. The standard InChI is InChI=1S/C18H19N3S/c1-11-4-6-14(7-5-11)18-20-17(22-21-18)10-15-8-13(3)16(19)9-12(15)2/h4-9H,10,19H2,1-3H3. The molecule has 112 valence electrons. The molecule has 3 rings (SSSR count). The lowest BCUT2D eigenvalue weighted by Crippen LogP contribution is -1.97. The first kappa shape index (κ1) is 14.7.